The van der Waals surface area contributed by atoms with Gasteiger partial charge >= 0.3 is 0 Å². The first-order valence-corrected chi connectivity index (χ1v) is 13.3. The van der Waals surface area contributed by atoms with Gasteiger partial charge < -0.3 is 10.3 Å². The molecule has 7 nitrogen and oxygen atoms in total. The molecule has 1 aliphatic rings. The quantitative estimate of drug-likeness (QED) is 0.205. The Kier molecular flexibility index (Phi) is 6.63. The highest BCUT2D eigenvalue weighted by Gasteiger charge is 2.23. The monoisotopic (exact) mass is 514 g/mol. The molecule has 5 aromatic rings. The number of rotatable bonds is 7. The SMILES string of the molecule is C=C/C(=C\C(=C/C)c1cnc2[nH]nc(-c3cc4c(-c5cccnc5)cccc4[nH]3)c2c1)NC(=O)C1CCCC1. The van der Waals surface area contributed by atoms with E-state index in [1.807, 2.05) is 43.6 Å². The summed E-state index contributed by atoms with van der Waals surface area (Å²) in [5.41, 5.74) is 8.15. The predicted octanol–water partition coefficient (Wildman–Crippen LogP) is 6.95. The minimum absolute atomic E-state index is 0.0734. The molecule has 0 radical (unpaired) electrons. The first kappa shape index (κ1) is 24.6. The maximum absolute atomic E-state index is 12.7. The van der Waals surface area contributed by atoms with Gasteiger partial charge in [0.05, 0.1) is 5.69 Å². The summed E-state index contributed by atoms with van der Waals surface area (Å²) in [6.45, 7) is 5.89. The zero-order valence-corrected chi connectivity index (χ0v) is 21.9. The van der Waals surface area contributed by atoms with Gasteiger partial charge in [0.25, 0.3) is 0 Å². The molecule has 0 bridgehead atoms. The molecule has 4 aromatic heterocycles. The van der Waals surface area contributed by atoms with E-state index < -0.39 is 0 Å². The highest BCUT2D eigenvalue weighted by Crippen LogP contribution is 2.34. The molecule has 1 saturated carbocycles. The van der Waals surface area contributed by atoms with Gasteiger partial charge in [0.2, 0.25) is 5.91 Å². The number of aromatic amines is 2. The summed E-state index contributed by atoms with van der Waals surface area (Å²) >= 11 is 0. The van der Waals surface area contributed by atoms with Crippen LogP contribution in [0.3, 0.4) is 0 Å². The van der Waals surface area contributed by atoms with Crippen LogP contribution in [-0.4, -0.2) is 31.1 Å². The lowest BCUT2D eigenvalue weighted by atomic mass is 10.0. The van der Waals surface area contributed by atoms with E-state index in [9.17, 15) is 4.79 Å². The lowest BCUT2D eigenvalue weighted by molar-refractivity contribution is -0.123. The third-order valence-corrected chi connectivity index (χ3v) is 7.48. The Morgan fingerprint density at radius 3 is 2.74 bits per heavy atom. The number of aromatic nitrogens is 5. The number of allylic oxidation sites excluding steroid dienone is 4. The maximum atomic E-state index is 12.7. The van der Waals surface area contributed by atoms with Crippen molar-refractivity contribution >= 4 is 33.4 Å². The lowest BCUT2D eigenvalue weighted by Gasteiger charge is -2.12. The van der Waals surface area contributed by atoms with Crippen molar-refractivity contribution in [1.29, 1.82) is 0 Å². The summed E-state index contributed by atoms with van der Waals surface area (Å²) < 4.78 is 0. The number of amides is 1. The number of nitrogens with zero attached hydrogens (tertiary/aromatic N) is 3. The van der Waals surface area contributed by atoms with Crippen LogP contribution in [0.1, 0.15) is 38.2 Å². The van der Waals surface area contributed by atoms with Crippen molar-refractivity contribution in [1.82, 2.24) is 30.5 Å². The Labute approximate surface area is 226 Å². The van der Waals surface area contributed by atoms with Crippen molar-refractivity contribution < 1.29 is 4.79 Å². The van der Waals surface area contributed by atoms with Crippen LogP contribution in [0.15, 0.2) is 91.6 Å². The Morgan fingerprint density at radius 2 is 1.97 bits per heavy atom. The van der Waals surface area contributed by atoms with Crippen LogP contribution in [-0.2, 0) is 4.79 Å². The predicted molar refractivity (Wildman–Crippen MR) is 156 cm³/mol. The summed E-state index contributed by atoms with van der Waals surface area (Å²) in [6, 6.07) is 14.4. The van der Waals surface area contributed by atoms with E-state index in [0.717, 1.165) is 75.6 Å². The molecule has 0 saturated heterocycles. The maximum Gasteiger partial charge on any atom is 0.227 e. The van der Waals surface area contributed by atoms with Crippen LogP contribution in [0.25, 0.3) is 50.0 Å². The number of fused-ring (bicyclic) bond motifs is 2. The van der Waals surface area contributed by atoms with E-state index in [4.69, 9.17) is 0 Å². The highest BCUT2D eigenvalue weighted by molar-refractivity contribution is 6.01. The molecular formula is C32H30N6O. The Hall–Kier alpha value is -4.78. The molecule has 4 heterocycles. The van der Waals surface area contributed by atoms with Crippen LogP contribution in [0.5, 0.6) is 0 Å². The second-order valence-electron chi connectivity index (χ2n) is 9.90. The van der Waals surface area contributed by atoms with Crippen LogP contribution in [0.4, 0.5) is 0 Å². The number of hydrogen-bond donors (Lipinski definition) is 3. The molecule has 194 valence electrons. The Balaban J connectivity index is 1.35. The van der Waals surface area contributed by atoms with Gasteiger partial charge in [-0.1, -0.05) is 43.7 Å². The van der Waals surface area contributed by atoms with Crippen LogP contribution in [0.2, 0.25) is 0 Å². The molecule has 3 N–H and O–H groups in total. The molecule has 0 spiro atoms. The number of carbonyl (C=O) groups is 1. The fourth-order valence-corrected chi connectivity index (χ4v) is 5.40. The zero-order valence-electron chi connectivity index (χ0n) is 21.9. The van der Waals surface area contributed by atoms with Gasteiger partial charge in [0, 0.05) is 57.6 Å². The second kappa shape index (κ2) is 10.5. The molecule has 0 atom stereocenters. The van der Waals surface area contributed by atoms with Gasteiger partial charge in [-0.2, -0.15) is 5.10 Å². The molecule has 6 rings (SSSR count). The summed E-state index contributed by atoms with van der Waals surface area (Å²) in [7, 11) is 0. The van der Waals surface area contributed by atoms with E-state index >= 15 is 0 Å². The smallest absolute Gasteiger partial charge is 0.227 e. The normalized spacial score (nSPS) is 14.8. The van der Waals surface area contributed by atoms with Crippen molar-refractivity contribution in [3.63, 3.8) is 0 Å². The Bertz CT molecular complexity index is 1730. The number of nitrogens with one attached hydrogen (secondary N) is 3. The van der Waals surface area contributed by atoms with Crippen LogP contribution < -0.4 is 5.32 Å². The van der Waals surface area contributed by atoms with Crippen molar-refractivity contribution in [3.8, 4) is 22.5 Å². The van der Waals surface area contributed by atoms with E-state index in [-0.39, 0.29) is 11.8 Å². The minimum atomic E-state index is 0.0734. The molecule has 1 aliphatic carbocycles. The van der Waals surface area contributed by atoms with Gasteiger partial charge in [-0.15, -0.1) is 0 Å². The minimum Gasteiger partial charge on any atom is -0.353 e. The van der Waals surface area contributed by atoms with Gasteiger partial charge in [-0.25, -0.2) is 4.98 Å². The van der Waals surface area contributed by atoms with Gasteiger partial charge in [-0.05, 0) is 67.3 Å². The summed E-state index contributed by atoms with van der Waals surface area (Å²) in [5.74, 6) is 0.160. The summed E-state index contributed by atoms with van der Waals surface area (Å²) in [5, 5.41) is 12.8. The van der Waals surface area contributed by atoms with Gasteiger partial charge in [0.1, 0.15) is 5.69 Å². The second-order valence-corrected chi connectivity index (χ2v) is 9.90. The largest absolute Gasteiger partial charge is 0.353 e. The van der Waals surface area contributed by atoms with E-state index in [1.165, 1.54) is 0 Å². The molecule has 7 heteroatoms. The van der Waals surface area contributed by atoms with Crippen LogP contribution in [0, 0.1) is 5.92 Å². The number of carbonyl (C=O) groups excluding carboxylic acids is 1. The van der Waals surface area contributed by atoms with Crippen molar-refractivity contribution in [2.24, 2.45) is 5.92 Å². The van der Waals surface area contributed by atoms with Crippen molar-refractivity contribution in [3.05, 3.63) is 97.1 Å². The number of pyridine rings is 2. The molecule has 1 fully saturated rings. The topological polar surface area (TPSA) is 99.3 Å². The highest BCUT2D eigenvalue weighted by atomic mass is 16.1. The molecule has 39 heavy (non-hydrogen) atoms. The average Bonchev–Trinajstić information content (AvgIpc) is 3.74. The summed E-state index contributed by atoms with van der Waals surface area (Å²) in [6.07, 6.45) is 15.3. The molecule has 0 unspecified atom stereocenters. The van der Waals surface area contributed by atoms with Crippen molar-refractivity contribution in [2.75, 3.05) is 0 Å². The van der Waals surface area contributed by atoms with Gasteiger partial charge in [-0.3, -0.25) is 14.9 Å². The standard InChI is InChI=1S/C32H30N6O/c1-3-20(15-24(4-2)35-32(39)21-9-5-6-10-21)23-16-27-30(37-38-31(27)34-19-23)29-17-26-25(12-7-13-28(26)36-29)22-11-8-14-33-18-22/h3-4,7-8,11-19,21,36H,2,5-6,9-10H2,1H3,(H,35,39)(H,34,37,38)/b20-3+,24-15+. The van der Waals surface area contributed by atoms with E-state index in [0.29, 0.717) is 11.3 Å². The van der Waals surface area contributed by atoms with Gasteiger partial charge in [0.15, 0.2) is 5.65 Å². The molecule has 1 aromatic carbocycles. The molecule has 1 amide bonds. The average molecular weight is 515 g/mol. The number of benzene rings is 1. The summed E-state index contributed by atoms with van der Waals surface area (Å²) in [4.78, 5) is 25.2. The lowest BCUT2D eigenvalue weighted by Crippen LogP contribution is -2.28. The molecule has 0 aliphatic heterocycles. The fraction of sp³-hybridized carbons (Fsp3) is 0.188. The van der Waals surface area contributed by atoms with E-state index in [2.05, 4.69) is 67.4 Å². The Morgan fingerprint density at radius 1 is 1.10 bits per heavy atom. The molecular weight excluding hydrogens is 484 g/mol. The van der Waals surface area contributed by atoms with E-state index in [1.54, 1.807) is 12.3 Å². The number of H-pyrrole nitrogens is 2. The third-order valence-electron chi connectivity index (χ3n) is 7.48. The fourth-order valence-electron chi connectivity index (χ4n) is 5.40. The van der Waals surface area contributed by atoms with Crippen molar-refractivity contribution in [2.45, 2.75) is 32.6 Å². The first-order valence-electron chi connectivity index (χ1n) is 13.3. The third kappa shape index (κ3) is 4.79. The zero-order chi connectivity index (χ0) is 26.8. The first-order chi connectivity index (χ1) is 19.1. The van der Waals surface area contributed by atoms with Crippen LogP contribution >= 0.6 is 0 Å². The number of hydrogen-bond acceptors (Lipinski definition) is 4.